The molecule has 1 aromatic heterocycles. The smallest absolute Gasteiger partial charge is 0.336 e. The second-order valence-electron chi connectivity index (χ2n) is 7.41. The van der Waals surface area contributed by atoms with Gasteiger partial charge in [0.05, 0.1) is 16.6 Å². The van der Waals surface area contributed by atoms with E-state index in [1.807, 2.05) is 6.92 Å². The van der Waals surface area contributed by atoms with Gasteiger partial charge in [0, 0.05) is 11.6 Å². The molecule has 0 unspecified atom stereocenters. The van der Waals surface area contributed by atoms with Gasteiger partial charge in [-0.2, -0.15) is 0 Å². The Hall–Kier alpha value is -3.71. The summed E-state index contributed by atoms with van der Waals surface area (Å²) in [5.74, 6) is -0.786. The number of amides is 1. The zero-order chi connectivity index (χ0) is 22.8. The third kappa shape index (κ3) is 4.33. The van der Waals surface area contributed by atoms with E-state index in [-0.39, 0.29) is 18.9 Å². The molecule has 0 saturated heterocycles. The third-order valence-electron chi connectivity index (χ3n) is 5.07. The molecule has 0 saturated carbocycles. The van der Waals surface area contributed by atoms with E-state index in [0.717, 1.165) is 15.7 Å². The van der Waals surface area contributed by atoms with Crippen LogP contribution in [-0.2, 0) is 17.9 Å². The normalized spacial score (nSPS) is 11.0. The first-order valence-corrected chi connectivity index (χ1v) is 10.2. The summed E-state index contributed by atoms with van der Waals surface area (Å²) in [7, 11) is 0. The maximum absolute atomic E-state index is 13.3. The highest BCUT2D eigenvalue weighted by molar-refractivity contribution is 6.30. The van der Waals surface area contributed by atoms with Crippen LogP contribution in [0.3, 0.4) is 0 Å². The number of aryl methyl sites for hydroxylation is 1. The number of halogens is 2. The minimum Gasteiger partial charge on any atom is -0.350 e. The number of aromatic nitrogens is 2. The lowest BCUT2D eigenvalue weighted by molar-refractivity contribution is -0.121. The summed E-state index contributed by atoms with van der Waals surface area (Å²) < 4.78 is 15.3. The number of hydrogen-bond acceptors (Lipinski definition) is 3. The molecule has 4 rings (SSSR count). The monoisotopic (exact) mass is 451 g/mol. The van der Waals surface area contributed by atoms with Crippen molar-refractivity contribution in [2.75, 3.05) is 0 Å². The maximum atomic E-state index is 13.3. The first kappa shape index (κ1) is 21.5. The number of carbonyl (C=O) groups excluding carboxylic acids is 1. The van der Waals surface area contributed by atoms with Crippen LogP contribution in [0, 0.1) is 12.7 Å². The molecule has 1 heterocycles. The SMILES string of the molecule is Cc1ccc2c(c1)c(=O)n(-c1cccc(Cl)c1)c(=O)n2CC(=O)NCc1ccc(F)cc1. The molecule has 0 atom stereocenters. The fraction of sp³-hybridized carbons (Fsp3) is 0.125. The molecule has 4 aromatic rings. The topological polar surface area (TPSA) is 73.1 Å². The van der Waals surface area contributed by atoms with Crippen molar-refractivity contribution in [2.45, 2.75) is 20.0 Å². The number of fused-ring (bicyclic) bond motifs is 1. The van der Waals surface area contributed by atoms with Gasteiger partial charge < -0.3 is 5.32 Å². The van der Waals surface area contributed by atoms with E-state index < -0.39 is 17.2 Å². The lowest BCUT2D eigenvalue weighted by atomic mass is 10.1. The predicted octanol–water partition coefficient (Wildman–Crippen LogP) is 3.57. The molecule has 0 aliphatic heterocycles. The van der Waals surface area contributed by atoms with Crippen molar-refractivity contribution in [3.63, 3.8) is 0 Å². The number of hydrogen-bond donors (Lipinski definition) is 1. The molecule has 8 heteroatoms. The first-order valence-electron chi connectivity index (χ1n) is 9.87. The van der Waals surface area contributed by atoms with Crippen LogP contribution in [0.2, 0.25) is 5.02 Å². The van der Waals surface area contributed by atoms with Crippen LogP contribution in [0.4, 0.5) is 4.39 Å². The molecule has 0 spiro atoms. The van der Waals surface area contributed by atoms with Crippen molar-refractivity contribution in [3.8, 4) is 5.69 Å². The second kappa shape index (κ2) is 8.80. The molecule has 3 aromatic carbocycles. The highest BCUT2D eigenvalue weighted by Gasteiger charge is 2.17. The Morgan fingerprint density at radius 2 is 1.78 bits per heavy atom. The van der Waals surface area contributed by atoms with Crippen molar-refractivity contribution in [1.82, 2.24) is 14.5 Å². The Morgan fingerprint density at radius 1 is 1.03 bits per heavy atom. The standard InChI is InChI=1S/C24H19ClFN3O3/c1-15-5-10-21-20(11-15)23(31)29(19-4-2-3-17(25)12-19)24(32)28(21)14-22(30)27-13-16-6-8-18(26)9-7-16/h2-12H,13-14H2,1H3,(H,27,30). The Bertz CT molecular complexity index is 1440. The molecule has 6 nitrogen and oxygen atoms in total. The first-order chi connectivity index (χ1) is 15.3. The Kier molecular flexibility index (Phi) is 5.92. The van der Waals surface area contributed by atoms with Gasteiger partial charge in [0.2, 0.25) is 5.91 Å². The average molecular weight is 452 g/mol. The van der Waals surface area contributed by atoms with Crippen LogP contribution in [0.5, 0.6) is 0 Å². The molecule has 0 radical (unpaired) electrons. The quantitative estimate of drug-likeness (QED) is 0.504. The van der Waals surface area contributed by atoms with Crippen LogP contribution < -0.4 is 16.6 Å². The number of rotatable bonds is 5. The molecule has 32 heavy (non-hydrogen) atoms. The van der Waals surface area contributed by atoms with Crippen molar-refractivity contribution >= 4 is 28.4 Å². The molecule has 0 fully saturated rings. The Morgan fingerprint density at radius 3 is 2.50 bits per heavy atom. The molecule has 0 bridgehead atoms. The van der Waals surface area contributed by atoms with Crippen LogP contribution in [0.1, 0.15) is 11.1 Å². The summed E-state index contributed by atoms with van der Waals surface area (Å²) in [5.41, 5.74) is 1.11. The van der Waals surface area contributed by atoms with E-state index in [1.165, 1.54) is 22.8 Å². The van der Waals surface area contributed by atoms with E-state index in [4.69, 9.17) is 11.6 Å². The zero-order valence-corrected chi connectivity index (χ0v) is 17.9. The lowest BCUT2D eigenvalue weighted by Crippen LogP contribution is -2.41. The number of benzene rings is 3. The van der Waals surface area contributed by atoms with E-state index in [1.54, 1.807) is 48.5 Å². The van der Waals surface area contributed by atoms with Crippen molar-refractivity contribution < 1.29 is 9.18 Å². The number of carbonyl (C=O) groups is 1. The largest absolute Gasteiger partial charge is 0.350 e. The van der Waals surface area contributed by atoms with Crippen LogP contribution >= 0.6 is 11.6 Å². The van der Waals surface area contributed by atoms with E-state index >= 15 is 0 Å². The minimum atomic E-state index is -0.648. The predicted molar refractivity (Wildman–Crippen MR) is 122 cm³/mol. The zero-order valence-electron chi connectivity index (χ0n) is 17.1. The number of nitrogens with one attached hydrogen (secondary N) is 1. The highest BCUT2D eigenvalue weighted by atomic mass is 35.5. The summed E-state index contributed by atoms with van der Waals surface area (Å²) in [4.78, 5) is 39.1. The number of nitrogens with zero attached hydrogens (tertiary/aromatic N) is 2. The lowest BCUT2D eigenvalue weighted by Gasteiger charge is -2.15. The minimum absolute atomic E-state index is 0.179. The molecule has 1 amide bonds. The van der Waals surface area contributed by atoms with Gasteiger partial charge in [-0.25, -0.2) is 13.8 Å². The van der Waals surface area contributed by atoms with Gasteiger partial charge in [-0.3, -0.25) is 14.2 Å². The van der Waals surface area contributed by atoms with Crippen molar-refractivity contribution in [3.05, 3.63) is 110 Å². The van der Waals surface area contributed by atoms with Gasteiger partial charge in [-0.1, -0.05) is 41.4 Å². The highest BCUT2D eigenvalue weighted by Crippen LogP contribution is 2.15. The van der Waals surface area contributed by atoms with Crippen molar-refractivity contribution in [2.24, 2.45) is 0 Å². The van der Waals surface area contributed by atoms with E-state index in [9.17, 15) is 18.8 Å². The molecular weight excluding hydrogens is 433 g/mol. The van der Waals surface area contributed by atoms with E-state index in [0.29, 0.717) is 21.6 Å². The fourth-order valence-electron chi connectivity index (χ4n) is 3.49. The van der Waals surface area contributed by atoms with Gasteiger partial charge in [0.1, 0.15) is 12.4 Å². The molecule has 0 aliphatic rings. The summed E-state index contributed by atoms with van der Waals surface area (Å²) in [6, 6.07) is 17.3. The maximum Gasteiger partial charge on any atom is 0.336 e. The second-order valence-corrected chi connectivity index (χ2v) is 7.85. The van der Waals surface area contributed by atoms with Crippen LogP contribution in [0.25, 0.3) is 16.6 Å². The Labute approximate surface area is 187 Å². The Balaban J connectivity index is 1.76. The molecule has 162 valence electrons. The van der Waals surface area contributed by atoms with Gasteiger partial charge in [0.15, 0.2) is 0 Å². The van der Waals surface area contributed by atoms with Crippen LogP contribution in [0.15, 0.2) is 76.3 Å². The molecule has 1 N–H and O–H groups in total. The summed E-state index contributed by atoms with van der Waals surface area (Å²) in [5, 5.41) is 3.42. The van der Waals surface area contributed by atoms with E-state index in [2.05, 4.69) is 5.32 Å². The summed E-state index contributed by atoms with van der Waals surface area (Å²) >= 11 is 6.06. The van der Waals surface area contributed by atoms with Gasteiger partial charge >= 0.3 is 5.69 Å². The average Bonchev–Trinajstić information content (AvgIpc) is 2.76. The van der Waals surface area contributed by atoms with Gasteiger partial charge in [0.25, 0.3) is 5.56 Å². The van der Waals surface area contributed by atoms with Crippen LogP contribution in [-0.4, -0.2) is 15.0 Å². The van der Waals surface area contributed by atoms with Gasteiger partial charge in [-0.15, -0.1) is 0 Å². The summed E-state index contributed by atoms with van der Waals surface area (Å²) in [6.07, 6.45) is 0. The fourth-order valence-corrected chi connectivity index (χ4v) is 3.67. The van der Waals surface area contributed by atoms with Crippen molar-refractivity contribution in [1.29, 1.82) is 0 Å². The molecule has 0 aliphatic carbocycles. The summed E-state index contributed by atoms with van der Waals surface area (Å²) in [6.45, 7) is 1.73. The molecular formula is C24H19ClFN3O3. The third-order valence-corrected chi connectivity index (χ3v) is 5.30. The van der Waals surface area contributed by atoms with Gasteiger partial charge in [-0.05, 0) is 55.0 Å².